The average molecular weight is 251 g/mol. The zero-order chi connectivity index (χ0) is 13.3. The summed E-state index contributed by atoms with van der Waals surface area (Å²) in [5.41, 5.74) is -1.38. The molecule has 0 aromatic heterocycles. The number of carbonyl (C=O) groups excluding carboxylic acids is 1. The second-order valence-corrected chi connectivity index (χ2v) is 4.92. The van der Waals surface area contributed by atoms with Crippen LogP contribution in [0.4, 0.5) is 18.0 Å². The first-order valence-electron chi connectivity index (χ1n) is 5.34. The zero-order valence-electron chi connectivity index (χ0n) is 10.1. The van der Waals surface area contributed by atoms with E-state index in [4.69, 9.17) is 4.74 Å². The van der Waals surface area contributed by atoms with E-state index < -0.39 is 30.0 Å². The van der Waals surface area contributed by atoms with E-state index in [0.29, 0.717) is 0 Å². The van der Waals surface area contributed by atoms with Crippen molar-refractivity contribution in [2.75, 3.05) is 13.1 Å². The molecule has 0 unspecified atom stereocenters. The molecular weight excluding hydrogens is 235 g/mol. The van der Waals surface area contributed by atoms with Gasteiger partial charge in [-0.1, -0.05) is 6.08 Å². The van der Waals surface area contributed by atoms with E-state index in [2.05, 4.69) is 0 Å². The third kappa shape index (κ3) is 4.28. The number of halogens is 3. The number of nitrogens with zero attached hydrogens (tertiary/aromatic N) is 1. The molecule has 98 valence electrons. The molecule has 0 saturated heterocycles. The van der Waals surface area contributed by atoms with E-state index in [9.17, 15) is 18.0 Å². The van der Waals surface area contributed by atoms with Gasteiger partial charge >= 0.3 is 12.3 Å². The van der Waals surface area contributed by atoms with Crippen LogP contribution in [0, 0.1) is 0 Å². The summed E-state index contributed by atoms with van der Waals surface area (Å²) >= 11 is 0. The maximum Gasteiger partial charge on any atom is 0.414 e. The van der Waals surface area contributed by atoms with Crippen molar-refractivity contribution < 1.29 is 22.7 Å². The van der Waals surface area contributed by atoms with Gasteiger partial charge in [0.1, 0.15) is 5.60 Å². The van der Waals surface area contributed by atoms with Crippen LogP contribution in [0.15, 0.2) is 11.6 Å². The molecule has 6 heteroatoms. The number of rotatable bonds is 0. The average Bonchev–Trinajstić information content (AvgIpc) is 2.14. The molecule has 3 nitrogen and oxygen atoms in total. The summed E-state index contributed by atoms with van der Waals surface area (Å²) in [7, 11) is 0. The Morgan fingerprint density at radius 1 is 1.35 bits per heavy atom. The molecule has 17 heavy (non-hydrogen) atoms. The minimum absolute atomic E-state index is 0.202. The lowest BCUT2D eigenvalue weighted by Gasteiger charge is -2.30. The highest BCUT2D eigenvalue weighted by Crippen LogP contribution is 2.29. The smallest absolute Gasteiger partial charge is 0.414 e. The molecule has 0 spiro atoms. The maximum atomic E-state index is 12.5. The molecule has 0 aliphatic carbocycles. The molecule has 0 radical (unpaired) electrons. The number of amides is 1. The summed E-state index contributed by atoms with van der Waals surface area (Å²) in [5.74, 6) is 0. The predicted molar refractivity (Wildman–Crippen MR) is 56.6 cm³/mol. The largest absolute Gasteiger partial charge is 0.444 e. The molecule has 0 aromatic carbocycles. The SMILES string of the molecule is CC(C)(C)OC(=O)N1CCC=C(C(F)(F)F)C1. The molecule has 1 rings (SSSR count). The predicted octanol–water partition coefficient (Wildman–Crippen LogP) is 3.12. The van der Waals surface area contributed by atoms with Crippen molar-refractivity contribution in [1.82, 2.24) is 4.90 Å². The van der Waals surface area contributed by atoms with E-state index in [1.54, 1.807) is 20.8 Å². The quantitative estimate of drug-likeness (QED) is 0.619. The van der Waals surface area contributed by atoms with Crippen LogP contribution < -0.4 is 0 Å². The first-order valence-corrected chi connectivity index (χ1v) is 5.34. The Balaban J connectivity index is 2.65. The number of hydrogen-bond donors (Lipinski definition) is 0. The highest BCUT2D eigenvalue weighted by atomic mass is 19.4. The van der Waals surface area contributed by atoms with Crippen molar-refractivity contribution in [2.24, 2.45) is 0 Å². The number of hydrogen-bond acceptors (Lipinski definition) is 2. The maximum absolute atomic E-state index is 12.5. The van der Waals surface area contributed by atoms with Crippen LogP contribution in [-0.2, 0) is 4.74 Å². The van der Waals surface area contributed by atoms with Crippen LogP contribution in [0.2, 0.25) is 0 Å². The Bertz CT molecular complexity index is 329. The van der Waals surface area contributed by atoms with Gasteiger partial charge in [-0.3, -0.25) is 0 Å². The van der Waals surface area contributed by atoms with Crippen molar-refractivity contribution in [1.29, 1.82) is 0 Å². The molecule has 1 heterocycles. The number of alkyl halides is 3. The Kier molecular flexibility index (Phi) is 3.74. The van der Waals surface area contributed by atoms with Crippen molar-refractivity contribution in [3.8, 4) is 0 Å². The van der Waals surface area contributed by atoms with E-state index in [1.165, 1.54) is 0 Å². The lowest BCUT2D eigenvalue weighted by atomic mass is 10.1. The second kappa shape index (κ2) is 4.58. The van der Waals surface area contributed by atoms with Gasteiger partial charge in [0.25, 0.3) is 0 Å². The molecule has 1 aliphatic rings. The number of ether oxygens (including phenoxy) is 1. The second-order valence-electron chi connectivity index (χ2n) is 4.92. The van der Waals surface area contributed by atoms with Gasteiger partial charge in [-0.25, -0.2) is 4.79 Å². The first kappa shape index (κ1) is 13.9. The van der Waals surface area contributed by atoms with Crippen molar-refractivity contribution in [2.45, 2.75) is 39.0 Å². The molecule has 1 amide bonds. The molecule has 0 bridgehead atoms. The summed E-state index contributed by atoms with van der Waals surface area (Å²) in [5, 5.41) is 0. The highest BCUT2D eigenvalue weighted by molar-refractivity contribution is 5.68. The lowest BCUT2D eigenvalue weighted by molar-refractivity contribution is -0.0970. The fraction of sp³-hybridized carbons (Fsp3) is 0.727. The van der Waals surface area contributed by atoms with Crippen LogP contribution in [0.25, 0.3) is 0 Å². The van der Waals surface area contributed by atoms with Gasteiger partial charge < -0.3 is 9.64 Å². The minimum atomic E-state index is -4.37. The molecule has 0 atom stereocenters. The third-order valence-electron chi connectivity index (χ3n) is 2.17. The molecular formula is C11H16F3NO2. The van der Waals surface area contributed by atoms with E-state index >= 15 is 0 Å². The summed E-state index contributed by atoms with van der Waals surface area (Å²) in [6, 6.07) is 0. The summed E-state index contributed by atoms with van der Waals surface area (Å²) < 4.78 is 42.4. The van der Waals surface area contributed by atoms with E-state index in [1.807, 2.05) is 0 Å². The fourth-order valence-corrected chi connectivity index (χ4v) is 1.43. The van der Waals surface area contributed by atoms with Gasteiger partial charge in [0.15, 0.2) is 0 Å². The van der Waals surface area contributed by atoms with Gasteiger partial charge in [-0.2, -0.15) is 13.2 Å². The summed E-state index contributed by atoms with van der Waals surface area (Å²) in [4.78, 5) is 12.7. The third-order valence-corrected chi connectivity index (χ3v) is 2.17. The lowest BCUT2D eigenvalue weighted by Crippen LogP contribution is -2.41. The fourth-order valence-electron chi connectivity index (χ4n) is 1.43. The summed E-state index contributed by atoms with van der Waals surface area (Å²) in [6.45, 7) is 4.85. The van der Waals surface area contributed by atoms with Crippen molar-refractivity contribution >= 4 is 6.09 Å². The standard InChI is InChI=1S/C11H16F3NO2/c1-10(2,3)17-9(16)15-6-4-5-8(7-15)11(12,13)14/h5H,4,6-7H2,1-3H3. The Labute approximate surface area is 98.2 Å². The molecule has 1 aliphatic heterocycles. The van der Waals surface area contributed by atoms with Crippen molar-refractivity contribution in [3.05, 3.63) is 11.6 Å². The van der Waals surface area contributed by atoms with Gasteiger partial charge in [0, 0.05) is 12.1 Å². The molecule has 0 fully saturated rings. The van der Waals surface area contributed by atoms with Gasteiger partial charge in [0.05, 0.1) is 6.54 Å². The monoisotopic (exact) mass is 251 g/mol. The summed E-state index contributed by atoms with van der Waals surface area (Å²) in [6.07, 6.45) is -3.75. The van der Waals surface area contributed by atoms with Gasteiger partial charge in [0.2, 0.25) is 0 Å². The van der Waals surface area contributed by atoms with Crippen LogP contribution in [0.3, 0.4) is 0 Å². The normalized spacial score (nSPS) is 17.8. The van der Waals surface area contributed by atoms with Gasteiger partial charge in [-0.05, 0) is 27.2 Å². The Morgan fingerprint density at radius 3 is 2.41 bits per heavy atom. The minimum Gasteiger partial charge on any atom is -0.444 e. The van der Waals surface area contributed by atoms with Crippen molar-refractivity contribution in [3.63, 3.8) is 0 Å². The van der Waals surface area contributed by atoms with Gasteiger partial charge in [-0.15, -0.1) is 0 Å². The molecule has 0 N–H and O–H groups in total. The molecule has 0 aromatic rings. The number of carbonyl (C=O) groups is 1. The molecule has 0 saturated carbocycles. The van der Waals surface area contributed by atoms with E-state index in [-0.39, 0.29) is 13.0 Å². The van der Waals surface area contributed by atoms with Crippen LogP contribution in [0.5, 0.6) is 0 Å². The Hall–Kier alpha value is -1.20. The van der Waals surface area contributed by atoms with Crippen LogP contribution in [-0.4, -0.2) is 35.9 Å². The highest BCUT2D eigenvalue weighted by Gasteiger charge is 2.37. The van der Waals surface area contributed by atoms with Crippen LogP contribution >= 0.6 is 0 Å². The van der Waals surface area contributed by atoms with E-state index in [0.717, 1.165) is 11.0 Å². The van der Waals surface area contributed by atoms with Crippen LogP contribution in [0.1, 0.15) is 27.2 Å². The first-order chi connectivity index (χ1) is 7.59. The topological polar surface area (TPSA) is 29.5 Å². The zero-order valence-corrected chi connectivity index (χ0v) is 10.1. The Morgan fingerprint density at radius 2 is 1.94 bits per heavy atom.